The Hall–Kier alpha value is -3.58. The Labute approximate surface area is 157 Å². The molecule has 0 atom stereocenters. The van der Waals surface area contributed by atoms with Crippen molar-refractivity contribution in [3.63, 3.8) is 0 Å². The average molecular weight is 365 g/mol. The first kappa shape index (κ1) is 19.7. The molecule has 7 nitrogen and oxygen atoms in total. The summed E-state index contributed by atoms with van der Waals surface area (Å²) in [5.41, 5.74) is 0. The second-order valence-electron chi connectivity index (χ2n) is 5.62. The summed E-state index contributed by atoms with van der Waals surface area (Å²) in [5, 5.41) is 19.1. The monoisotopic (exact) mass is 365 g/mol. The molecule has 0 N–H and O–H groups in total. The molecular formula is C20H19N3O4. The van der Waals surface area contributed by atoms with Gasteiger partial charge in [0.1, 0.15) is 5.75 Å². The van der Waals surface area contributed by atoms with Crippen LogP contribution in [0.2, 0.25) is 0 Å². The van der Waals surface area contributed by atoms with Gasteiger partial charge in [0.15, 0.2) is 13.2 Å². The van der Waals surface area contributed by atoms with E-state index in [9.17, 15) is 9.59 Å². The lowest BCUT2D eigenvalue weighted by Crippen LogP contribution is -2.36. The summed E-state index contributed by atoms with van der Waals surface area (Å²) in [6, 6.07) is 17.0. The van der Waals surface area contributed by atoms with E-state index >= 15 is 0 Å². The molecule has 0 heterocycles. The minimum Gasteiger partial charge on any atom is -0.481 e. The molecule has 0 saturated heterocycles. The van der Waals surface area contributed by atoms with Crippen LogP contribution in [0.4, 0.5) is 0 Å². The van der Waals surface area contributed by atoms with E-state index in [0.29, 0.717) is 5.75 Å². The Kier molecular flexibility index (Phi) is 7.62. The number of ether oxygens (including phenoxy) is 2. The Bertz CT molecular complexity index is 859. The van der Waals surface area contributed by atoms with Gasteiger partial charge >= 0.3 is 5.97 Å². The van der Waals surface area contributed by atoms with Crippen LogP contribution in [0.15, 0.2) is 42.5 Å². The van der Waals surface area contributed by atoms with E-state index in [1.807, 2.05) is 48.5 Å². The summed E-state index contributed by atoms with van der Waals surface area (Å²) in [5.74, 6) is -0.558. The number of fused-ring (bicyclic) bond motifs is 1. The van der Waals surface area contributed by atoms with Crippen LogP contribution in [0, 0.1) is 22.7 Å². The molecule has 0 radical (unpaired) electrons. The molecule has 1 amide bonds. The van der Waals surface area contributed by atoms with Crippen molar-refractivity contribution in [3.8, 4) is 17.9 Å². The van der Waals surface area contributed by atoms with Crippen LogP contribution >= 0.6 is 0 Å². The van der Waals surface area contributed by atoms with Gasteiger partial charge in [0, 0.05) is 18.5 Å². The van der Waals surface area contributed by atoms with Crippen molar-refractivity contribution >= 4 is 22.6 Å². The van der Waals surface area contributed by atoms with Crippen molar-refractivity contribution in [3.05, 3.63) is 42.5 Å². The predicted molar refractivity (Wildman–Crippen MR) is 97.4 cm³/mol. The van der Waals surface area contributed by atoms with Crippen LogP contribution in [0.5, 0.6) is 5.75 Å². The first-order valence-electron chi connectivity index (χ1n) is 8.43. The van der Waals surface area contributed by atoms with Gasteiger partial charge in [-0.1, -0.05) is 36.4 Å². The molecule has 0 aliphatic heterocycles. The largest absolute Gasteiger partial charge is 0.481 e. The number of rotatable bonds is 9. The SMILES string of the molecule is N#CCCN(CCC#N)C(=O)COC(=O)COc1cccc2ccccc12. The summed E-state index contributed by atoms with van der Waals surface area (Å²) < 4.78 is 10.5. The maximum Gasteiger partial charge on any atom is 0.344 e. The molecule has 2 rings (SSSR count). The first-order valence-corrected chi connectivity index (χ1v) is 8.43. The van der Waals surface area contributed by atoms with E-state index < -0.39 is 18.5 Å². The molecule has 0 bridgehead atoms. The van der Waals surface area contributed by atoms with E-state index in [1.165, 1.54) is 4.90 Å². The van der Waals surface area contributed by atoms with Crippen molar-refractivity contribution < 1.29 is 19.1 Å². The lowest BCUT2D eigenvalue weighted by atomic mass is 10.1. The van der Waals surface area contributed by atoms with Crippen molar-refractivity contribution in [2.75, 3.05) is 26.3 Å². The lowest BCUT2D eigenvalue weighted by Gasteiger charge is -2.20. The maximum atomic E-state index is 12.1. The number of nitriles is 2. The molecule has 0 spiro atoms. The second kappa shape index (κ2) is 10.4. The number of hydrogen-bond acceptors (Lipinski definition) is 6. The third kappa shape index (κ3) is 6.02. The third-order valence-electron chi connectivity index (χ3n) is 3.79. The number of nitrogens with zero attached hydrogens (tertiary/aromatic N) is 3. The van der Waals surface area contributed by atoms with Crippen LogP contribution in [-0.2, 0) is 14.3 Å². The van der Waals surface area contributed by atoms with Crippen LogP contribution in [0.25, 0.3) is 10.8 Å². The van der Waals surface area contributed by atoms with E-state index in [-0.39, 0.29) is 32.5 Å². The fourth-order valence-electron chi connectivity index (χ4n) is 2.46. The Morgan fingerprint density at radius 2 is 1.59 bits per heavy atom. The Morgan fingerprint density at radius 3 is 2.30 bits per heavy atom. The fraction of sp³-hybridized carbons (Fsp3) is 0.300. The average Bonchev–Trinajstić information content (AvgIpc) is 2.70. The zero-order valence-corrected chi connectivity index (χ0v) is 14.8. The number of benzene rings is 2. The van der Waals surface area contributed by atoms with Gasteiger partial charge in [0.05, 0.1) is 25.0 Å². The van der Waals surface area contributed by atoms with Gasteiger partial charge in [-0.15, -0.1) is 0 Å². The van der Waals surface area contributed by atoms with Gasteiger partial charge in [-0.05, 0) is 11.5 Å². The van der Waals surface area contributed by atoms with Gasteiger partial charge < -0.3 is 14.4 Å². The number of amides is 1. The van der Waals surface area contributed by atoms with Crippen molar-refractivity contribution in [1.29, 1.82) is 10.5 Å². The Balaban J connectivity index is 1.85. The Morgan fingerprint density at radius 1 is 0.926 bits per heavy atom. The molecule has 0 fully saturated rings. The normalized spacial score (nSPS) is 9.85. The highest BCUT2D eigenvalue weighted by Gasteiger charge is 2.16. The highest BCUT2D eigenvalue weighted by Crippen LogP contribution is 2.24. The van der Waals surface area contributed by atoms with Gasteiger partial charge in [-0.3, -0.25) is 4.79 Å². The third-order valence-corrected chi connectivity index (χ3v) is 3.79. The molecule has 0 saturated carbocycles. The zero-order valence-electron chi connectivity index (χ0n) is 14.8. The molecule has 7 heteroatoms. The lowest BCUT2D eigenvalue weighted by molar-refractivity contribution is -0.153. The van der Waals surface area contributed by atoms with Crippen molar-refractivity contribution in [2.45, 2.75) is 12.8 Å². The van der Waals surface area contributed by atoms with Crippen molar-refractivity contribution in [2.24, 2.45) is 0 Å². The minimum absolute atomic E-state index is 0.148. The number of carbonyl (C=O) groups excluding carboxylic acids is 2. The predicted octanol–water partition coefficient (Wildman–Crippen LogP) is 2.42. The van der Waals surface area contributed by atoms with E-state index in [1.54, 1.807) is 6.07 Å². The second-order valence-corrected chi connectivity index (χ2v) is 5.62. The molecule has 0 aromatic heterocycles. The minimum atomic E-state index is -0.670. The van der Waals surface area contributed by atoms with E-state index in [2.05, 4.69) is 0 Å². The standard InChI is InChI=1S/C20H19N3O4/c21-10-4-12-23(13-5-11-22)19(24)14-27-20(25)15-26-18-9-3-7-16-6-1-2-8-17(16)18/h1-3,6-9H,4-5,12-15H2. The molecule has 0 aliphatic rings. The van der Waals surface area contributed by atoms with Gasteiger partial charge in [-0.2, -0.15) is 10.5 Å². The van der Waals surface area contributed by atoms with Crippen LogP contribution in [0.3, 0.4) is 0 Å². The molecule has 0 aliphatic carbocycles. The quantitative estimate of drug-likeness (QED) is 0.632. The van der Waals surface area contributed by atoms with E-state index in [4.69, 9.17) is 20.0 Å². The van der Waals surface area contributed by atoms with Gasteiger partial charge in [0.2, 0.25) is 0 Å². The zero-order chi connectivity index (χ0) is 19.5. The summed E-state index contributed by atoms with van der Waals surface area (Å²) in [6.07, 6.45) is 0.296. The number of hydrogen-bond donors (Lipinski definition) is 0. The maximum absolute atomic E-state index is 12.1. The molecule has 138 valence electrons. The molecule has 27 heavy (non-hydrogen) atoms. The fourth-order valence-corrected chi connectivity index (χ4v) is 2.46. The van der Waals surface area contributed by atoms with Crippen LogP contribution < -0.4 is 4.74 Å². The van der Waals surface area contributed by atoms with E-state index in [0.717, 1.165) is 10.8 Å². The molecule has 0 unspecified atom stereocenters. The summed E-state index contributed by atoms with van der Waals surface area (Å²) >= 11 is 0. The molecule has 2 aromatic carbocycles. The topological polar surface area (TPSA) is 103 Å². The molecular weight excluding hydrogens is 346 g/mol. The summed E-state index contributed by atoms with van der Waals surface area (Å²) in [6.45, 7) is -0.381. The summed E-state index contributed by atoms with van der Waals surface area (Å²) in [7, 11) is 0. The number of esters is 1. The molecule has 2 aromatic rings. The van der Waals surface area contributed by atoms with Gasteiger partial charge in [0.25, 0.3) is 5.91 Å². The van der Waals surface area contributed by atoms with Gasteiger partial charge in [-0.25, -0.2) is 4.79 Å². The van der Waals surface area contributed by atoms with Crippen LogP contribution in [0.1, 0.15) is 12.8 Å². The number of carbonyl (C=O) groups is 2. The smallest absolute Gasteiger partial charge is 0.344 e. The highest BCUT2D eigenvalue weighted by molar-refractivity contribution is 5.88. The summed E-state index contributed by atoms with van der Waals surface area (Å²) in [4.78, 5) is 25.3. The first-order chi connectivity index (χ1) is 13.2. The van der Waals surface area contributed by atoms with Crippen LogP contribution in [-0.4, -0.2) is 43.1 Å². The van der Waals surface area contributed by atoms with Crippen molar-refractivity contribution in [1.82, 2.24) is 4.90 Å². The highest BCUT2D eigenvalue weighted by atomic mass is 16.6.